The van der Waals surface area contributed by atoms with Gasteiger partial charge >= 0.3 is 0 Å². The van der Waals surface area contributed by atoms with E-state index in [-0.39, 0.29) is 0 Å². The average Bonchev–Trinajstić information content (AvgIpc) is 3.24. The first-order valence-corrected chi connectivity index (χ1v) is 8.82. The maximum absolute atomic E-state index is 5.94. The minimum atomic E-state index is 0.745. The third-order valence-electron chi connectivity index (χ3n) is 4.96. The fourth-order valence-corrected chi connectivity index (χ4v) is 3.51. The third kappa shape index (κ3) is 4.10. The van der Waals surface area contributed by atoms with Crippen molar-refractivity contribution in [3.8, 4) is 0 Å². The van der Waals surface area contributed by atoms with Crippen molar-refractivity contribution in [2.24, 2.45) is 0 Å². The first kappa shape index (κ1) is 15.1. The van der Waals surface area contributed by atoms with Crippen LogP contribution < -0.4 is 5.32 Å². The molecule has 0 aromatic carbocycles. The van der Waals surface area contributed by atoms with E-state index in [0.717, 1.165) is 36.7 Å². The zero-order chi connectivity index (χ0) is 14.7. The maximum atomic E-state index is 5.94. The lowest BCUT2D eigenvalue weighted by atomic mass is 9.97. The summed E-state index contributed by atoms with van der Waals surface area (Å²) in [4.78, 5) is 2.68. The first-order chi connectivity index (χ1) is 10.3. The number of hydrogen-bond donors (Lipinski definition) is 1. The number of likely N-dealkylation sites (tertiary alicyclic amines) is 1. The minimum absolute atomic E-state index is 0.745. The number of hydrogen-bond acceptors (Lipinski definition) is 3. The second kappa shape index (κ2) is 6.97. The van der Waals surface area contributed by atoms with E-state index in [9.17, 15) is 0 Å². The summed E-state index contributed by atoms with van der Waals surface area (Å²) >= 11 is 0. The first-order valence-electron chi connectivity index (χ1n) is 8.82. The Bertz CT molecular complexity index is 448. The molecule has 1 aliphatic carbocycles. The summed E-state index contributed by atoms with van der Waals surface area (Å²) in [6.07, 6.45) is 9.43. The highest BCUT2D eigenvalue weighted by atomic mass is 16.3. The zero-order valence-corrected chi connectivity index (χ0v) is 13.7. The van der Waals surface area contributed by atoms with Crippen molar-refractivity contribution in [2.75, 3.05) is 6.54 Å². The van der Waals surface area contributed by atoms with Gasteiger partial charge in [-0.15, -0.1) is 0 Å². The third-order valence-corrected chi connectivity index (χ3v) is 4.96. The normalized spacial score (nSPS) is 23.6. The van der Waals surface area contributed by atoms with E-state index in [1.54, 1.807) is 0 Å². The molecule has 0 amide bonds. The molecule has 0 spiro atoms. The predicted molar refractivity (Wildman–Crippen MR) is 86.3 cm³/mol. The number of aryl methyl sites for hydroxylation is 1. The molecule has 21 heavy (non-hydrogen) atoms. The van der Waals surface area contributed by atoms with E-state index >= 15 is 0 Å². The highest BCUT2D eigenvalue weighted by Gasteiger charge is 2.24. The monoisotopic (exact) mass is 290 g/mol. The highest BCUT2D eigenvalue weighted by Crippen LogP contribution is 2.26. The van der Waals surface area contributed by atoms with Crippen molar-refractivity contribution >= 4 is 0 Å². The molecule has 1 aliphatic heterocycles. The topological polar surface area (TPSA) is 28.4 Å². The fraction of sp³-hybridized carbons (Fsp3) is 0.778. The second-order valence-electron chi connectivity index (χ2n) is 6.86. The van der Waals surface area contributed by atoms with E-state index in [0.29, 0.717) is 0 Å². The van der Waals surface area contributed by atoms with Gasteiger partial charge in [0.05, 0.1) is 6.54 Å². The zero-order valence-electron chi connectivity index (χ0n) is 13.7. The molecule has 3 heteroatoms. The molecule has 3 rings (SSSR count). The highest BCUT2D eigenvalue weighted by molar-refractivity contribution is 5.21. The molecule has 2 fully saturated rings. The van der Waals surface area contributed by atoms with Crippen molar-refractivity contribution in [2.45, 2.75) is 84.0 Å². The Balaban J connectivity index is 1.59. The van der Waals surface area contributed by atoms with Crippen molar-refractivity contribution in [3.63, 3.8) is 0 Å². The summed E-state index contributed by atoms with van der Waals surface area (Å²) in [6, 6.07) is 3.81. The van der Waals surface area contributed by atoms with Crippen molar-refractivity contribution in [1.82, 2.24) is 10.2 Å². The van der Waals surface area contributed by atoms with Crippen LogP contribution in [0.25, 0.3) is 0 Å². The molecule has 1 atom stereocenters. The summed E-state index contributed by atoms with van der Waals surface area (Å²) in [5, 5.41) is 3.54. The van der Waals surface area contributed by atoms with Crippen LogP contribution in [0, 0.1) is 6.92 Å². The Morgan fingerprint density at radius 2 is 2.14 bits per heavy atom. The van der Waals surface area contributed by atoms with Gasteiger partial charge in [-0.05, 0) is 51.6 Å². The van der Waals surface area contributed by atoms with E-state index < -0.39 is 0 Å². The van der Waals surface area contributed by atoms with Crippen LogP contribution >= 0.6 is 0 Å². The van der Waals surface area contributed by atoms with Gasteiger partial charge in [0.25, 0.3) is 0 Å². The van der Waals surface area contributed by atoms with Gasteiger partial charge in [0.2, 0.25) is 0 Å². The molecule has 3 nitrogen and oxygen atoms in total. The smallest absolute Gasteiger partial charge is 0.118 e. The molecule has 1 aromatic rings. The molecular weight excluding hydrogens is 260 g/mol. The van der Waals surface area contributed by atoms with E-state index in [1.165, 1.54) is 57.1 Å². The van der Waals surface area contributed by atoms with Gasteiger partial charge in [0, 0.05) is 24.2 Å². The van der Waals surface area contributed by atoms with E-state index in [2.05, 4.69) is 30.1 Å². The molecule has 2 aliphatic rings. The summed E-state index contributed by atoms with van der Waals surface area (Å²) < 4.78 is 5.94. The molecule has 1 saturated heterocycles. The van der Waals surface area contributed by atoms with Crippen LogP contribution in [0.2, 0.25) is 0 Å². The number of furan rings is 1. The Labute approximate surface area is 129 Å². The average molecular weight is 290 g/mol. The van der Waals surface area contributed by atoms with Gasteiger partial charge in [-0.2, -0.15) is 0 Å². The van der Waals surface area contributed by atoms with Crippen molar-refractivity contribution in [1.29, 1.82) is 0 Å². The number of rotatable bonds is 7. The van der Waals surface area contributed by atoms with Crippen LogP contribution in [0.5, 0.6) is 0 Å². The largest absolute Gasteiger partial charge is 0.465 e. The number of nitrogens with one attached hydrogen (secondary N) is 1. The Morgan fingerprint density at radius 1 is 1.29 bits per heavy atom. The quantitative estimate of drug-likeness (QED) is 0.823. The lowest BCUT2D eigenvalue weighted by Crippen LogP contribution is -2.38. The summed E-state index contributed by atoms with van der Waals surface area (Å²) in [5.74, 6) is 2.22. The Hall–Kier alpha value is -0.800. The van der Waals surface area contributed by atoms with Crippen molar-refractivity contribution < 1.29 is 4.42 Å². The maximum Gasteiger partial charge on any atom is 0.118 e. The van der Waals surface area contributed by atoms with Crippen LogP contribution in [-0.2, 0) is 13.1 Å². The van der Waals surface area contributed by atoms with Crippen molar-refractivity contribution in [3.05, 3.63) is 23.2 Å². The van der Waals surface area contributed by atoms with Gasteiger partial charge in [-0.25, -0.2) is 0 Å². The number of piperidine rings is 1. The minimum Gasteiger partial charge on any atom is -0.465 e. The predicted octanol–water partition coefficient (Wildman–Crippen LogP) is 3.99. The SMILES string of the molecule is CCCC1CCCCN1Cc1cc(CNC2CC2)oc1C. The Morgan fingerprint density at radius 3 is 2.90 bits per heavy atom. The molecule has 1 aromatic heterocycles. The summed E-state index contributed by atoms with van der Waals surface area (Å²) in [6.45, 7) is 7.64. The van der Waals surface area contributed by atoms with E-state index in [4.69, 9.17) is 4.42 Å². The van der Waals surface area contributed by atoms with Gasteiger partial charge in [-0.3, -0.25) is 4.90 Å². The molecule has 0 radical (unpaired) electrons. The van der Waals surface area contributed by atoms with Gasteiger partial charge in [0.15, 0.2) is 0 Å². The van der Waals surface area contributed by atoms with Gasteiger partial charge in [0.1, 0.15) is 11.5 Å². The molecular formula is C18H30N2O. The van der Waals surface area contributed by atoms with Gasteiger partial charge < -0.3 is 9.73 Å². The molecule has 118 valence electrons. The standard InChI is InChI=1S/C18H30N2O/c1-3-6-17-7-4-5-10-20(17)13-15-11-18(21-14(15)2)12-19-16-8-9-16/h11,16-17,19H,3-10,12-13H2,1-2H3. The molecule has 1 N–H and O–H groups in total. The molecule has 1 unspecified atom stereocenters. The number of nitrogens with zero attached hydrogens (tertiary/aromatic N) is 1. The van der Waals surface area contributed by atoms with E-state index in [1.807, 2.05) is 0 Å². The van der Waals surface area contributed by atoms with Crippen LogP contribution in [0.4, 0.5) is 0 Å². The lowest BCUT2D eigenvalue weighted by Gasteiger charge is -2.35. The molecule has 0 bridgehead atoms. The Kier molecular flexibility index (Phi) is 5.02. The van der Waals surface area contributed by atoms with Gasteiger partial charge in [-0.1, -0.05) is 19.8 Å². The lowest BCUT2D eigenvalue weighted by molar-refractivity contribution is 0.131. The summed E-state index contributed by atoms with van der Waals surface area (Å²) in [7, 11) is 0. The molecule has 2 heterocycles. The van der Waals surface area contributed by atoms with Crippen LogP contribution in [-0.4, -0.2) is 23.5 Å². The molecule has 1 saturated carbocycles. The summed E-state index contributed by atoms with van der Waals surface area (Å²) in [5.41, 5.74) is 1.39. The second-order valence-corrected chi connectivity index (χ2v) is 6.86. The van der Waals surface area contributed by atoms with Crippen LogP contribution in [0.15, 0.2) is 10.5 Å². The van der Waals surface area contributed by atoms with Crippen LogP contribution in [0.1, 0.15) is 69.0 Å². The van der Waals surface area contributed by atoms with Crippen LogP contribution in [0.3, 0.4) is 0 Å². The fourth-order valence-electron chi connectivity index (χ4n) is 3.51.